The van der Waals surface area contributed by atoms with Crippen LogP contribution in [0.5, 0.6) is 0 Å². The molecule has 1 atom stereocenters. The summed E-state index contributed by atoms with van der Waals surface area (Å²) in [6, 6.07) is 0. The highest BCUT2D eigenvalue weighted by atomic mass is 79.9. The molecule has 1 aromatic rings. The van der Waals surface area contributed by atoms with E-state index in [4.69, 9.17) is 0 Å². The Morgan fingerprint density at radius 3 is 2.82 bits per heavy atom. The molecule has 4 heteroatoms. The molecule has 2 nitrogen and oxygen atoms in total. The first-order valence-electron chi connectivity index (χ1n) is 3.76. The van der Waals surface area contributed by atoms with Gasteiger partial charge in [-0.15, -0.1) is 0 Å². The number of nitrogens with zero attached hydrogens (tertiary/aromatic N) is 2. The zero-order valence-corrected chi connectivity index (χ0v) is 8.65. The predicted molar refractivity (Wildman–Crippen MR) is 48.7 cm³/mol. The predicted octanol–water partition coefficient (Wildman–Crippen LogP) is 2.81. The van der Waals surface area contributed by atoms with Gasteiger partial charge in [0.1, 0.15) is 5.01 Å². The van der Waals surface area contributed by atoms with Crippen LogP contribution in [0.4, 0.5) is 0 Å². The molecule has 1 fully saturated rings. The lowest BCUT2D eigenvalue weighted by Crippen LogP contribution is -1.93. The fourth-order valence-corrected chi connectivity index (χ4v) is 2.42. The molecule has 11 heavy (non-hydrogen) atoms. The summed E-state index contributed by atoms with van der Waals surface area (Å²) >= 11 is 4.78. The minimum atomic E-state index is 0.624. The molecule has 0 spiro atoms. The minimum Gasteiger partial charge on any atom is -0.214 e. The van der Waals surface area contributed by atoms with Crippen LogP contribution in [0.3, 0.4) is 0 Å². The van der Waals surface area contributed by atoms with Crippen molar-refractivity contribution in [2.75, 3.05) is 0 Å². The van der Waals surface area contributed by atoms with Gasteiger partial charge >= 0.3 is 0 Å². The van der Waals surface area contributed by atoms with Crippen LogP contribution in [0.2, 0.25) is 0 Å². The molecule has 1 saturated carbocycles. The normalized spacial score (nSPS) is 20.2. The monoisotopic (exact) mass is 232 g/mol. The summed E-state index contributed by atoms with van der Waals surface area (Å²) in [5.74, 6) is 1.51. The summed E-state index contributed by atoms with van der Waals surface area (Å²) in [6.07, 6.45) is 2.75. The van der Waals surface area contributed by atoms with Crippen molar-refractivity contribution >= 4 is 27.5 Å². The Balaban J connectivity index is 2.14. The van der Waals surface area contributed by atoms with Crippen molar-refractivity contribution in [2.45, 2.75) is 25.7 Å². The number of aromatic nitrogens is 2. The molecular formula is C7H9BrN2S. The van der Waals surface area contributed by atoms with Crippen molar-refractivity contribution in [3.63, 3.8) is 0 Å². The fraction of sp³-hybridized carbons (Fsp3) is 0.714. The van der Waals surface area contributed by atoms with Crippen LogP contribution >= 0.6 is 27.5 Å². The third-order valence-electron chi connectivity index (χ3n) is 2.14. The van der Waals surface area contributed by atoms with Crippen molar-refractivity contribution in [3.05, 3.63) is 9.74 Å². The van der Waals surface area contributed by atoms with Crippen LogP contribution in [-0.4, -0.2) is 9.36 Å². The molecule has 2 rings (SSSR count). The highest BCUT2D eigenvalue weighted by Crippen LogP contribution is 2.42. The fourth-order valence-electron chi connectivity index (χ4n) is 1.20. The van der Waals surface area contributed by atoms with Gasteiger partial charge in [-0.25, -0.2) is 4.98 Å². The number of hydrogen-bond donors (Lipinski definition) is 0. The molecule has 0 radical (unpaired) electrons. The Kier molecular flexibility index (Phi) is 1.97. The van der Waals surface area contributed by atoms with Crippen molar-refractivity contribution in [1.82, 2.24) is 9.36 Å². The summed E-state index contributed by atoms with van der Waals surface area (Å²) in [6.45, 7) is 2.24. The van der Waals surface area contributed by atoms with Crippen LogP contribution in [0, 0.1) is 5.92 Å². The van der Waals surface area contributed by atoms with E-state index in [9.17, 15) is 0 Å². The van der Waals surface area contributed by atoms with E-state index in [0.29, 0.717) is 5.92 Å². The van der Waals surface area contributed by atoms with E-state index in [1.54, 1.807) is 0 Å². The second kappa shape index (κ2) is 2.83. The second-order valence-electron chi connectivity index (χ2n) is 3.03. The first-order valence-corrected chi connectivity index (χ1v) is 5.33. The SMILES string of the molecule is CC(c1nc(Br)ns1)C1CC1. The summed E-state index contributed by atoms with van der Waals surface area (Å²) in [7, 11) is 0. The van der Waals surface area contributed by atoms with Crippen LogP contribution in [0.25, 0.3) is 0 Å². The smallest absolute Gasteiger partial charge is 0.209 e. The summed E-state index contributed by atoms with van der Waals surface area (Å²) in [4.78, 5) is 4.30. The Hall–Kier alpha value is 0.0400. The largest absolute Gasteiger partial charge is 0.214 e. The van der Waals surface area contributed by atoms with Crippen LogP contribution in [-0.2, 0) is 0 Å². The van der Waals surface area contributed by atoms with Gasteiger partial charge in [0.25, 0.3) is 0 Å². The van der Waals surface area contributed by atoms with Gasteiger partial charge in [-0.05, 0) is 46.2 Å². The van der Waals surface area contributed by atoms with Crippen molar-refractivity contribution in [2.24, 2.45) is 5.92 Å². The van der Waals surface area contributed by atoms with E-state index < -0.39 is 0 Å². The van der Waals surface area contributed by atoms with E-state index in [1.165, 1.54) is 29.4 Å². The van der Waals surface area contributed by atoms with E-state index in [0.717, 1.165) is 10.7 Å². The molecule has 0 bridgehead atoms. The molecule has 0 aromatic carbocycles. The first kappa shape index (κ1) is 7.68. The number of hydrogen-bond acceptors (Lipinski definition) is 3. The van der Waals surface area contributed by atoms with Crippen molar-refractivity contribution < 1.29 is 0 Å². The average molecular weight is 233 g/mol. The standard InChI is InChI=1S/C7H9BrN2S/c1-4(5-2-3-5)6-9-7(8)10-11-6/h4-5H,2-3H2,1H3. The topological polar surface area (TPSA) is 25.8 Å². The molecule has 0 N–H and O–H groups in total. The Morgan fingerprint density at radius 2 is 2.36 bits per heavy atom. The van der Waals surface area contributed by atoms with Gasteiger partial charge in [0.2, 0.25) is 4.73 Å². The number of halogens is 1. The molecule has 0 aliphatic heterocycles. The van der Waals surface area contributed by atoms with Crippen molar-refractivity contribution in [3.8, 4) is 0 Å². The molecule has 1 unspecified atom stereocenters. The minimum absolute atomic E-state index is 0.624. The Bertz CT molecular complexity index is 257. The molecule has 0 amide bonds. The van der Waals surface area contributed by atoms with Gasteiger partial charge in [0.05, 0.1) is 0 Å². The third-order valence-corrected chi connectivity index (χ3v) is 3.64. The van der Waals surface area contributed by atoms with Crippen LogP contribution in [0.1, 0.15) is 30.7 Å². The summed E-state index contributed by atoms with van der Waals surface area (Å²) in [5.41, 5.74) is 0. The van der Waals surface area contributed by atoms with E-state index in [2.05, 4.69) is 32.2 Å². The average Bonchev–Trinajstić information content (AvgIpc) is 2.74. The molecule has 1 heterocycles. The zero-order chi connectivity index (χ0) is 7.84. The van der Waals surface area contributed by atoms with Gasteiger partial charge in [0.15, 0.2) is 0 Å². The third kappa shape index (κ3) is 1.62. The van der Waals surface area contributed by atoms with Gasteiger partial charge in [-0.1, -0.05) is 6.92 Å². The zero-order valence-electron chi connectivity index (χ0n) is 6.25. The van der Waals surface area contributed by atoms with Crippen LogP contribution in [0.15, 0.2) is 4.73 Å². The second-order valence-corrected chi connectivity index (χ2v) is 4.52. The molecule has 60 valence electrons. The van der Waals surface area contributed by atoms with E-state index in [-0.39, 0.29) is 0 Å². The lowest BCUT2D eigenvalue weighted by Gasteiger charge is -2.02. The maximum atomic E-state index is 4.30. The maximum Gasteiger partial charge on any atom is 0.209 e. The van der Waals surface area contributed by atoms with Gasteiger partial charge in [-0.2, -0.15) is 4.37 Å². The molecule has 1 aliphatic rings. The van der Waals surface area contributed by atoms with Gasteiger partial charge < -0.3 is 0 Å². The summed E-state index contributed by atoms with van der Waals surface area (Å²) < 4.78 is 4.84. The number of rotatable bonds is 2. The Morgan fingerprint density at radius 1 is 1.64 bits per heavy atom. The van der Waals surface area contributed by atoms with Gasteiger partial charge in [0, 0.05) is 5.92 Å². The highest BCUT2D eigenvalue weighted by Gasteiger charge is 2.30. The maximum absolute atomic E-state index is 4.30. The lowest BCUT2D eigenvalue weighted by atomic mass is 10.1. The Labute approximate surface area is 78.3 Å². The molecule has 1 aliphatic carbocycles. The lowest BCUT2D eigenvalue weighted by molar-refractivity contribution is 0.658. The summed E-state index contributed by atoms with van der Waals surface area (Å²) in [5, 5.41) is 1.18. The van der Waals surface area contributed by atoms with E-state index >= 15 is 0 Å². The van der Waals surface area contributed by atoms with Gasteiger partial charge in [-0.3, -0.25) is 0 Å². The van der Waals surface area contributed by atoms with Crippen molar-refractivity contribution in [1.29, 1.82) is 0 Å². The quantitative estimate of drug-likeness (QED) is 0.784. The first-order chi connectivity index (χ1) is 5.27. The highest BCUT2D eigenvalue weighted by molar-refractivity contribution is 9.10. The van der Waals surface area contributed by atoms with Crippen LogP contribution < -0.4 is 0 Å². The molecule has 1 aromatic heterocycles. The molecular weight excluding hydrogens is 224 g/mol. The molecule has 0 saturated heterocycles. The van der Waals surface area contributed by atoms with E-state index in [1.807, 2.05) is 0 Å².